The molecule has 2 aromatic rings. The molecule has 0 bridgehead atoms. The maximum atomic E-state index is 5.91. The lowest BCUT2D eigenvalue weighted by Crippen LogP contribution is -2.15. The SMILES string of the molecule is CN(C)CCCOc1ccccc1/C=C/Cc1ccccc1. The summed E-state index contributed by atoms with van der Waals surface area (Å²) >= 11 is 0. The van der Waals surface area contributed by atoms with Crippen LogP contribution in [0.3, 0.4) is 0 Å². The van der Waals surface area contributed by atoms with Gasteiger partial charge in [-0.3, -0.25) is 0 Å². The van der Waals surface area contributed by atoms with Crippen LogP contribution in [-0.4, -0.2) is 32.1 Å². The molecule has 0 N–H and O–H groups in total. The Morgan fingerprint density at radius 2 is 1.68 bits per heavy atom. The number of hydrogen-bond donors (Lipinski definition) is 0. The van der Waals surface area contributed by atoms with Crippen LogP contribution in [0.25, 0.3) is 6.08 Å². The summed E-state index contributed by atoms with van der Waals surface area (Å²) in [6, 6.07) is 18.7. The molecule has 116 valence electrons. The van der Waals surface area contributed by atoms with Crippen molar-refractivity contribution >= 4 is 6.08 Å². The average molecular weight is 295 g/mol. The molecule has 0 unspecified atom stereocenters. The highest BCUT2D eigenvalue weighted by atomic mass is 16.5. The van der Waals surface area contributed by atoms with Gasteiger partial charge in [0.05, 0.1) is 6.61 Å². The average Bonchev–Trinajstić information content (AvgIpc) is 2.54. The van der Waals surface area contributed by atoms with Gasteiger partial charge in [0.1, 0.15) is 5.75 Å². The van der Waals surface area contributed by atoms with Gasteiger partial charge in [-0.15, -0.1) is 0 Å². The highest BCUT2D eigenvalue weighted by Gasteiger charge is 2.00. The first-order valence-electron chi connectivity index (χ1n) is 7.83. The quantitative estimate of drug-likeness (QED) is 0.674. The largest absolute Gasteiger partial charge is 0.493 e. The molecule has 0 radical (unpaired) electrons. The van der Waals surface area contributed by atoms with Crippen LogP contribution in [0, 0.1) is 0 Å². The minimum atomic E-state index is 0.752. The number of allylic oxidation sites excluding steroid dienone is 1. The van der Waals surface area contributed by atoms with Crippen molar-refractivity contribution in [2.24, 2.45) is 0 Å². The molecular formula is C20H25NO. The molecule has 0 aliphatic rings. The molecule has 0 aliphatic carbocycles. The first kappa shape index (κ1) is 16.3. The van der Waals surface area contributed by atoms with E-state index in [0.717, 1.165) is 37.3 Å². The van der Waals surface area contributed by atoms with Crippen LogP contribution in [0.4, 0.5) is 0 Å². The molecule has 0 saturated heterocycles. The van der Waals surface area contributed by atoms with Gasteiger partial charge >= 0.3 is 0 Å². The Balaban J connectivity index is 1.90. The zero-order valence-electron chi connectivity index (χ0n) is 13.5. The van der Waals surface area contributed by atoms with Crippen LogP contribution in [0.1, 0.15) is 17.5 Å². The van der Waals surface area contributed by atoms with Crippen LogP contribution in [0.5, 0.6) is 5.75 Å². The first-order chi connectivity index (χ1) is 10.8. The van der Waals surface area contributed by atoms with Crippen molar-refractivity contribution < 1.29 is 4.74 Å². The molecule has 2 nitrogen and oxygen atoms in total. The second-order valence-electron chi connectivity index (χ2n) is 5.64. The molecule has 0 heterocycles. The summed E-state index contributed by atoms with van der Waals surface area (Å²) in [5.41, 5.74) is 2.46. The normalized spacial score (nSPS) is 11.2. The van der Waals surface area contributed by atoms with Crippen LogP contribution in [0.2, 0.25) is 0 Å². The van der Waals surface area contributed by atoms with Gasteiger partial charge in [0.2, 0.25) is 0 Å². The molecule has 22 heavy (non-hydrogen) atoms. The lowest BCUT2D eigenvalue weighted by Gasteiger charge is -2.11. The molecule has 2 heteroatoms. The molecule has 0 amide bonds. The molecule has 2 rings (SSSR count). The van der Waals surface area contributed by atoms with Crippen LogP contribution in [-0.2, 0) is 6.42 Å². The lowest BCUT2D eigenvalue weighted by molar-refractivity contribution is 0.281. The van der Waals surface area contributed by atoms with Crippen molar-refractivity contribution in [2.45, 2.75) is 12.8 Å². The molecule has 0 atom stereocenters. The lowest BCUT2D eigenvalue weighted by atomic mass is 10.1. The van der Waals surface area contributed by atoms with Gasteiger partial charge in [-0.05, 0) is 38.6 Å². The number of ether oxygens (including phenoxy) is 1. The molecule has 0 spiro atoms. The highest BCUT2D eigenvalue weighted by molar-refractivity contribution is 5.57. The van der Waals surface area contributed by atoms with Gasteiger partial charge in [0, 0.05) is 12.1 Å². The third-order valence-corrected chi connectivity index (χ3v) is 3.42. The van der Waals surface area contributed by atoms with E-state index >= 15 is 0 Å². The Morgan fingerprint density at radius 1 is 0.955 bits per heavy atom. The van der Waals surface area contributed by atoms with Crippen molar-refractivity contribution in [3.8, 4) is 5.75 Å². The molecule has 0 saturated carbocycles. The Bertz CT molecular complexity index is 575. The first-order valence-corrected chi connectivity index (χ1v) is 7.83. The van der Waals surface area contributed by atoms with Gasteiger partial charge in [0.15, 0.2) is 0 Å². The van der Waals surface area contributed by atoms with E-state index in [2.05, 4.69) is 67.5 Å². The fourth-order valence-corrected chi connectivity index (χ4v) is 2.25. The van der Waals surface area contributed by atoms with E-state index in [0.29, 0.717) is 0 Å². The summed E-state index contributed by atoms with van der Waals surface area (Å²) in [6.45, 7) is 1.80. The molecule has 2 aromatic carbocycles. The van der Waals surface area contributed by atoms with E-state index in [1.165, 1.54) is 5.56 Å². The van der Waals surface area contributed by atoms with Gasteiger partial charge in [-0.25, -0.2) is 0 Å². The van der Waals surface area contributed by atoms with E-state index in [4.69, 9.17) is 4.74 Å². The molecular weight excluding hydrogens is 270 g/mol. The zero-order chi connectivity index (χ0) is 15.6. The van der Waals surface area contributed by atoms with Crippen molar-refractivity contribution in [1.29, 1.82) is 0 Å². The smallest absolute Gasteiger partial charge is 0.126 e. The summed E-state index contributed by atoms with van der Waals surface area (Å²) in [5, 5.41) is 0. The minimum absolute atomic E-state index is 0.752. The van der Waals surface area contributed by atoms with Crippen LogP contribution < -0.4 is 4.74 Å². The number of nitrogens with zero attached hydrogens (tertiary/aromatic N) is 1. The summed E-state index contributed by atoms with van der Waals surface area (Å²) in [6.07, 6.45) is 6.32. The fraction of sp³-hybridized carbons (Fsp3) is 0.300. The third kappa shape index (κ3) is 5.74. The third-order valence-electron chi connectivity index (χ3n) is 3.42. The topological polar surface area (TPSA) is 12.5 Å². The van der Waals surface area contributed by atoms with Gasteiger partial charge in [0.25, 0.3) is 0 Å². The van der Waals surface area contributed by atoms with E-state index in [9.17, 15) is 0 Å². The van der Waals surface area contributed by atoms with Crippen LogP contribution in [0.15, 0.2) is 60.7 Å². The standard InChI is InChI=1S/C20H25NO/c1-21(2)16-9-17-22-20-15-7-6-13-19(20)14-8-12-18-10-4-3-5-11-18/h3-8,10-11,13-15H,9,12,16-17H2,1-2H3/b14-8+. The predicted molar refractivity (Wildman–Crippen MR) is 94.3 cm³/mol. The Labute approximate surface area is 134 Å². The van der Waals surface area contributed by atoms with Crippen molar-refractivity contribution in [3.63, 3.8) is 0 Å². The molecule has 0 aliphatic heterocycles. The van der Waals surface area contributed by atoms with Crippen molar-refractivity contribution in [2.75, 3.05) is 27.2 Å². The number of para-hydroxylation sites is 1. The monoisotopic (exact) mass is 295 g/mol. The summed E-state index contributed by atoms with van der Waals surface area (Å²) in [4.78, 5) is 2.18. The zero-order valence-corrected chi connectivity index (χ0v) is 13.5. The summed E-state index contributed by atoms with van der Waals surface area (Å²) in [7, 11) is 4.17. The fourth-order valence-electron chi connectivity index (χ4n) is 2.25. The maximum absolute atomic E-state index is 5.91. The highest BCUT2D eigenvalue weighted by Crippen LogP contribution is 2.20. The maximum Gasteiger partial charge on any atom is 0.126 e. The van der Waals surface area contributed by atoms with Crippen LogP contribution >= 0.6 is 0 Å². The van der Waals surface area contributed by atoms with E-state index in [-0.39, 0.29) is 0 Å². The number of hydrogen-bond acceptors (Lipinski definition) is 2. The Morgan fingerprint density at radius 3 is 2.45 bits per heavy atom. The number of benzene rings is 2. The molecule has 0 fully saturated rings. The number of rotatable bonds is 8. The van der Waals surface area contributed by atoms with Gasteiger partial charge < -0.3 is 9.64 Å². The second kappa shape index (κ2) is 9.06. The summed E-state index contributed by atoms with van der Waals surface area (Å²) in [5.74, 6) is 0.963. The Hall–Kier alpha value is -2.06. The predicted octanol–water partition coefficient (Wildman–Crippen LogP) is 4.27. The van der Waals surface area contributed by atoms with Gasteiger partial charge in [-0.1, -0.05) is 60.7 Å². The molecule has 0 aromatic heterocycles. The van der Waals surface area contributed by atoms with E-state index in [1.54, 1.807) is 0 Å². The Kier molecular flexibility index (Phi) is 6.72. The summed E-state index contributed by atoms with van der Waals surface area (Å²) < 4.78 is 5.91. The van der Waals surface area contributed by atoms with Crippen molar-refractivity contribution in [3.05, 3.63) is 71.8 Å². The van der Waals surface area contributed by atoms with Gasteiger partial charge in [-0.2, -0.15) is 0 Å². The van der Waals surface area contributed by atoms with E-state index in [1.807, 2.05) is 18.2 Å². The van der Waals surface area contributed by atoms with E-state index < -0.39 is 0 Å². The second-order valence-corrected chi connectivity index (χ2v) is 5.64. The van der Waals surface area contributed by atoms with Crippen molar-refractivity contribution in [1.82, 2.24) is 4.90 Å². The minimum Gasteiger partial charge on any atom is -0.493 e.